The number of amides is 2. The highest BCUT2D eigenvalue weighted by Crippen LogP contribution is 2.21. The van der Waals surface area contributed by atoms with Crippen LogP contribution in [0.3, 0.4) is 0 Å². The summed E-state index contributed by atoms with van der Waals surface area (Å²) in [6, 6.07) is -0.175. The number of halogens is 3. The van der Waals surface area contributed by atoms with Crippen LogP contribution in [0.2, 0.25) is 0 Å². The normalized spacial score (nSPS) is 17.8. The van der Waals surface area contributed by atoms with E-state index in [2.05, 4.69) is 5.32 Å². The first kappa shape index (κ1) is 15.5. The van der Waals surface area contributed by atoms with E-state index >= 15 is 0 Å². The minimum absolute atomic E-state index is 0.0147. The van der Waals surface area contributed by atoms with Gasteiger partial charge in [0.2, 0.25) is 5.91 Å². The molecular weight excluding hydrogens is 261 g/mol. The molecule has 1 saturated heterocycles. The molecular formula is C12H17F3N2O2. The second-order valence-electron chi connectivity index (χ2n) is 4.38. The van der Waals surface area contributed by atoms with Gasteiger partial charge in [-0.15, -0.1) is 0 Å². The van der Waals surface area contributed by atoms with Crippen molar-refractivity contribution in [3.63, 3.8) is 0 Å². The molecule has 0 bridgehead atoms. The molecule has 1 rings (SSSR count). The third-order valence-electron chi connectivity index (χ3n) is 2.88. The van der Waals surface area contributed by atoms with Gasteiger partial charge in [0.15, 0.2) is 0 Å². The van der Waals surface area contributed by atoms with Crippen LogP contribution < -0.4 is 5.32 Å². The van der Waals surface area contributed by atoms with E-state index in [1.165, 1.54) is 6.08 Å². The lowest BCUT2D eigenvalue weighted by molar-refractivity contribution is -0.186. The number of carbonyl (C=O) groups excluding carboxylic acids is 2. The number of nitrogens with one attached hydrogen (secondary N) is 1. The fourth-order valence-electron chi connectivity index (χ4n) is 1.88. The van der Waals surface area contributed by atoms with E-state index in [1.807, 2.05) is 6.92 Å². The van der Waals surface area contributed by atoms with E-state index in [0.717, 1.165) is 11.3 Å². The summed E-state index contributed by atoms with van der Waals surface area (Å²) >= 11 is 0. The van der Waals surface area contributed by atoms with Gasteiger partial charge in [-0.05, 0) is 25.3 Å². The average molecular weight is 278 g/mol. The van der Waals surface area contributed by atoms with Gasteiger partial charge in [-0.1, -0.05) is 13.0 Å². The molecule has 1 N–H and O–H groups in total. The molecule has 0 spiro atoms. The zero-order chi connectivity index (χ0) is 14.5. The topological polar surface area (TPSA) is 49.4 Å². The molecule has 0 aliphatic carbocycles. The Morgan fingerprint density at radius 1 is 1.32 bits per heavy atom. The van der Waals surface area contributed by atoms with Crippen LogP contribution in [0.25, 0.3) is 0 Å². The molecule has 4 nitrogen and oxygen atoms in total. The summed E-state index contributed by atoms with van der Waals surface area (Å²) in [6.07, 6.45) is -0.280. The van der Waals surface area contributed by atoms with Gasteiger partial charge in [0.25, 0.3) is 0 Å². The van der Waals surface area contributed by atoms with Crippen LogP contribution in [0, 0.1) is 0 Å². The Hall–Kier alpha value is -1.53. The van der Waals surface area contributed by atoms with E-state index in [1.54, 1.807) is 6.08 Å². The molecule has 1 heterocycles. The fourth-order valence-corrected chi connectivity index (χ4v) is 1.88. The summed E-state index contributed by atoms with van der Waals surface area (Å²) in [4.78, 5) is 23.2. The van der Waals surface area contributed by atoms with Crippen molar-refractivity contribution in [1.82, 2.24) is 10.2 Å². The molecule has 1 aliphatic rings. The average Bonchev–Trinajstić information content (AvgIpc) is 2.35. The number of hydrogen-bond acceptors (Lipinski definition) is 2. The van der Waals surface area contributed by atoms with Crippen molar-refractivity contribution in [1.29, 1.82) is 0 Å². The van der Waals surface area contributed by atoms with E-state index in [9.17, 15) is 22.8 Å². The lowest BCUT2D eigenvalue weighted by Gasteiger charge is -2.32. The second kappa shape index (κ2) is 6.58. The molecule has 0 aromatic carbocycles. The van der Waals surface area contributed by atoms with E-state index in [4.69, 9.17) is 0 Å². The number of allylic oxidation sites excluding steroid dienone is 1. The van der Waals surface area contributed by atoms with Crippen molar-refractivity contribution in [2.45, 2.75) is 38.4 Å². The van der Waals surface area contributed by atoms with Crippen molar-refractivity contribution in [2.24, 2.45) is 0 Å². The first-order valence-electron chi connectivity index (χ1n) is 6.17. The van der Waals surface area contributed by atoms with Gasteiger partial charge < -0.3 is 10.2 Å². The van der Waals surface area contributed by atoms with Crippen molar-refractivity contribution in [2.75, 3.05) is 13.1 Å². The monoisotopic (exact) mass is 278 g/mol. The number of likely N-dealkylation sites (tertiary alicyclic amines) is 1. The standard InChI is InChI=1S/C12H17F3N2O2/c1-2-3-4-10(18)16-9-5-7-17(8-6-9)11(19)12(13,14)15/h3-4,9H,2,5-8H2,1H3,(H,16,18)/b4-3+. The van der Waals surface area contributed by atoms with Gasteiger partial charge in [-0.25, -0.2) is 0 Å². The van der Waals surface area contributed by atoms with E-state index in [0.29, 0.717) is 12.8 Å². The molecule has 2 amide bonds. The molecule has 19 heavy (non-hydrogen) atoms. The maximum Gasteiger partial charge on any atom is 0.471 e. The van der Waals surface area contributed by atoms with Crippen LogP contribution in [0.15, 0.2) is 12.2 Å². The van der Waals surface area contributed by atoms with E-state index < -0.39 is 12.1 Å². The molecule has 0 unspecified atom stereocenters. The van der Waals surface area contributed by atoms with Crippen LogP contribution >= 0.6 is 0 Å². The molecule has 0 aromatic rings. The van der Waals surface area contributed by atoms with E-state index in [-0.39, 0.29) is 25.0 Å². The van der Waals surface area contributed by atoms with Gasteiger partial charge in [0.05, 0.1) is 0 Å². The Bertz CT molecular complexity index is 358. The zero-order valence-corrected chi connectivity index (χ0v) is 10.7. The summed E-state index contributed by atoms with van der Waals surface area (Å²) in [5, 5.41) is 2.71. The maximum absolute atomic E-state index is 12.2. The fraction of sp³-hybridized carbons (Fsp3) is 0.667. The Labute approximate surface area is 109 Å². The first-order valence-corrected chi connectivity index (χ1v) is 6.17. The van der Waals surface area contributed by atoms with Gasteiger partial charge in [0.1, 0.15) is 0 Å². The van der Waals surface area contributed by atoms with Crippen LogP contribution in [0.5, 0.6) is 0 Å². The van der Waals surface area contributed by atoms with Gasteiger partial charge in [0, 0.05) is 19.1 Å². The first-order chi connectivity index (χ1) is 8.84. The highest BCUT2D eigenvalue weighted by atomic mass is 19.4. The summed E-state index contributed by atoms with van der Waals surface area (Å²) in [7, 11) is 0. The number of piperidine rings is 1. The molecule has 0 aromatic heterocycles. The molecule has 1 aliphatic heterocycles. The summed E-state index contributed by atoms with van der Waals surface area (Å²) in [5.41, 5.74) is 0. The highest BCUT2D eigenvalue weighted by Gasteiger charge is 2.43. The molecule has 108 valence electrons. The van der Waals surface area contributed by atoms with Crippen LogP contribution in [0.1, 0.15) is 26.2 Å². The number of nitrogens with zero attached hydrogens (tertiary/aromatic N) is 1. The minimum Gasteiger partial charge on any atom is -0.350 e. The van der Waals surface area contributed by atoms with Gasteiger partial charge in [-0.3, -0.25) is 9.59 Å². The minimum atomic E-state index is -4.82. The molecule has 0 radical (unpaired) electrons. The number of rotatable bonds is 3. The predicted molar refractivity (Wildman–Crippen MR) is 63.2 cm³/mol. The predicted octanol–water partition coefficient (Wildman–Crippen LogP) is 1.62. The molecule has 1 fully saturated rings. The lowest BCUT2D eigenvalue weighted by atomic mass is 10.0. The SMILES string of the molecule is CC/C=C/C(=O)NC1CCN(C(=O)C(F)(F)F)CC1. The van der Waals surface area contributed by atoms with Crippen LogP contribution in [-0.2, 0) is 9.59 Å². The number of alkyl halides is 3. The van der Waals surface area contributed by atoms with Gasteiger partial charge >= 0.3 is 12.1 Å². The summed E-state index contributed by atoms with van der Waals surface area (Å²) < 4.78 is 36.6. The Morgan fingerprint density at radius 3 is 2.37 bits per heavy atom. The van der Waals surface area contributed by atoms with Crippen molar-refractivity contribution < 1.29 is 22.8 Å². The second-order valence-corrected chi connectivity index (χ2v) is 4.38. The van der Waals surface area contributed by atoms with Crippen molar-refractivity contribution >= 4 is 11.8 Å². The Morgan fingerprint density at radius 2 is 1.89 bits per heavy atom. The van der Waals surface area contributed by atoms with Crippen LogP contribution in [-0.4, -0.2) is 42.0 Å². The third-order valence-corrected chi connectivity index (χ3v) is 2.88. The lowest BCUT2D eigenvalue weighted by Crippen LogP contribution is -2.49. The van der Waals surface area contributed by atoms with Crippen LogP contribution in [0.4, 0.5) is 13.2 Å². The third kappa shape index (κ3) is 4.92. The quantitative estimate of drug-likeness (QED) is 0.798. The maximum atomic E-state index is 12.2. The van der Waals surface area contributed by atoms with Gasteiger partial charge in [-0.2, -0.15) is 13.2 Å². The smallest absolute Gasteiger partial charge is 0.350 e. The number of carbonyl (C=O) groups is 2. The highest BCUT2D eigenvalue weighted by molar-refractivity contribution is 5.87. The largest absolute Gasteiger partial charge is 0.471 e. The number of hydrogen-bond donors (Lipinski definition) is 1. The molecule has 7 heteroatoms. The zero-order valence-electron chi connectivity index (χ0n) is 10.7. The Balaban J connectivity index is 2.39. The summed E-state index contributed by atoms with van der Waals surface area (Å²) in [5.74, 6) is -2.05. The van der Waals surface area contributed by atoms with Crippen molar-refractivity contribution in [3.8, 4) is 0 Å². The molecule has 0 atom stereocenters. The summed E-state index contributed by atoms with van der Waals surface area (Å²) in [6.45, 7) is 1.92. The van der Waals surface area contributed by atoms with Crippen molar-refractivity contribution in [3.05, 3.63) is 12.2 Å². The Kier molecular flexibility index (Phi) is 5.38. The molecule has 0 saturated carbocycles.